The molecule has 1 amide bonds. The van der Waals surface area contributed by atoms with Gasteiger partial charge in [-0.15, -0.1) is 28.1 Å². The first kappa shape index (κ1) is 19.2. The molecule has 1 aliphatic carbocycles. The van der Waals surface area contributed by atoms with Crippen molar-refractivity contribution in [2.24, 2.45) is 13.0 Å². The highest BCUT2D eigenvalue weighted by molar-refractivity contribution is 8.00. The molecule has 3 rings (SSSR count). The molecule has 26 heavy (non-hydrogen) atoms. The number of aromatic nitrogens is 3. The topological polar surface area (TPSA) is 59.8 Å². The van der Waals surface area contributed by atoms with Crippen LogP contribution in [-0.2, 0) is 24.7 Å². The third-order valence-corrected chi connectivity index (χ3v) is 7.26. The van der Waals surface area contributed by atoms with Crippen molar-refractivity contribution in [1.29, 1.82) is 0 Å². The lowest BCUT2D eigenvalue weighted by atomic mass is 9.87. The summed E-state index contributed by atoms with van der Waals surface area (Å²) in [7, 11) is 1.97. The lowest BCUT2D eigenvalue weighted by Gasteiger charge is -2.19. The number of rotatable bonds is 7. The van der Waals surface area contributed by atoms with Gasteiger partial charge in [0.1, 0.15) is 0 Å². The summed E-state index contributed by atoms with van der Waals surface area (Å²) < 4.78 is 2.00. The van der Waals surface area contributed by atoms with Gasteiger partial charge in [-0.25, -0.2) is 0 Å². The van der Waals surface area contributed by atoms with Crippen LogP contribution in [0.15, 0.2) is 23.9 Å². The molecule has 1 aliphatic rings. The maximum absolute atomic E-state index is 12.1. The van der Waals surface area contributed by atoms with E-state index in [-0.39, 0.29) is 11.2 Å². The third kappa shape index (κ3) is 4.04. The SMILES string of the molecule is C=CCNC(=O)[C@@H](C)Sc1nnc(-c2cc3c(s2)CC[C@@H](CC)C3)n1C. The van der Waals surface area contributed by atoms with Gasteiger partial charge in [-0.05, 0) is 43.7 Å². The molecule has 0 spiro atoms. The van der Waals surface area contributed by atoms with E-state index in [0.717, 1.165) is 16.9 Å². The summed E-state index contributed by atoms with van der Waals surface area (Å²) in [5.41, 5.74) is 1.48. The summed E-state index contributed by atoms with van der Waals surface area (Å²) in [5, 5.41) is 12.1. The van der Waals surface area contributed by atoms with Gasteiger partial charge in [0.15, 0.2) is 11.0 Å². The van der Waals surface area contributed by atoms with Gasteiger partial charge < -0.3 is 9.88 Å². The number of nitrogens with zero attached hydrogens (tertiary/aromatic N) is 3. The Bertz CT molecular complexity index is 796. The Morgan fingerprint density at radius 2 is 2.38 bits per heavy atom. The second kappa shape index (κ2) is 8.39. The van der Waals surface area contributed by atoms with Crippen molar-refractivity contribution in [2.75, 3.05) is 6.54 Å². The maximum atomic E-state index is 12.1. The zero-order chi connectivity index (χ0) is 18.7. The number of nitrogens with one attached hydrogen (secondary N) is 1. The zero-order valence-electron chi connectivity index (χ0n) is 15.6. The molecule has 0 unspecified atom stereocenters. The molecule has 0 aromatic carbocycles. The standard InChI is InChI=1S/C19H26N4OS2/c1-5-9-20-18(24)12(3)25-19-22-21-17(23(19)4)16-11-14-10-13(6-2)7-8-15(14)26-16/h5,11-13H,1,6-10H2,2-4H3,(H,20,24)/t12-,13-/m1/s1. The van der Waals surface area contributed by atoms with Crippen molar-refractivity contribution < 1.29 is 4.79 Å². The number of amides is 1. The van der Waals surface area contributed by atoms with Gasteiger partial charge in [0.2, 0.25) is 5.91 Å². The van der Waals surface area contributed by atoms with Gasteiger partial charge in [-0.1, -0.05) is 31.2 Å². The number of thiophene rings is 1. The Labute approximate surface area is 163 Å². The van der Waals surface area contributed by atoms with Gasteiger partial charge in [0.25, 0.3) is 0 Å². The van der Waals surface area contributed by atoms with E-state index in [1.165, 1.54) is 52.8 Å². The molecule has 1 N–H and O–H groups in total. The summed E-state index contributed by atoms with van der Waals surface area (Å²) in [6, 6.07) is 2.29. The van der Waals surface area contributed by atoms with Gasteiger partial charge in [-0.2, -0.15) is 0 Å². The number of fused-ring (bicyclic) bond motifs is 1. The van der Waals surface area contributed by atoms with E-state index >= 15 is 0 Å². The summed E-state index contributed by atoms with van der Waals surface area (Å²) in [6.07, 6.45) is 6.58. The molecule has 140 valence electrons. The molecule has 2 aromatic rings. The first-order chi connectivity index (χ1) is 12.5. The Balaban J connectivity index is 1.74. The summed E-state index contributed by atoms with van der Waals surface area (Å²) in [5.74, 6) is 1.68. The number of aryl methyl sites for hydroxylation is 1. The van der Waals surface area contributed by atoms with E-state index in [2.05, 4.69) is 35.1 Å². The molecule has 0 bridgehead atoms. The average molecular weight is 391 g/mol. The largest absolute Gasteiger partial charge is 0.352 e. The monoisotopic (exact) mass is 390 g/mol. The van der Waals surface area contributed by atoms with Crippen LogP contribution in [0, 0.1) is 5.92 Å². The number of carbonyl (C=O) groups excluding carboxylic acids is 1. The molecule has 0 fully saturated rings. The van der Waals surface area contributed by atoms with E-state index < -0.39 is 0 Å². The number of thioether (sulfide) groups is 1. The molecular weight excluding hydrogens is 364 g/mol. The van der Waals surface area contributed by atoms with E-state index in [4.69, 9.17) is 0 Å². The van der Waals surface area contributed by atoms with E-state index in [0.29, 0.717) is 6.54 Å². The Morgan fingerprint density at radius 1 is 1.58 bits per heavy atom. The molecule has 2 aromatic heterocycles. The lowest BCUT2D eigenvalue weighted by Crippen LogP contribution is -2.31. The second-order valence-electron chi connectivity index (χ2n) is 6.74. The molecule has 0 aliphatic heterocycles. The van der Waals surface area contributed by atoms with Crippen LogP contribution in [0.5, 0.6) is 0 Å². The second-order valence-corrected chi connectivity index (χ2v) is 9.18. The van der Waals surface area contributed by atoms with Crippen LogP contribution in [0.25, 0.3) is 10.7 Å². The molecule has 2 heterocycles. The summed E-state index contributed by atoms with van der Waals surface area (Å²) in [4.78, 5) is 14.7. The molecular formula is C19H26N4OS2. The predicted octanol–water partition coefficient (Wildman–Crippen LogP) is 3.84. The van der Waals surface area contributed by atoms with E-state index in [9.17, 15) is 4.79 Å². The predicted molar refractivity (Wildman–Crippen MR) is 109 cm³/mol. The van der Waals surface area contributed by atoms with Crippen LogP contribution in [0.3, 0.4) is 0 Å². The van der Waals surface area contributed by atoms with Crippen LogP contribution < -0.4 is 5.32 Å². The zero-order valence-corrected chi connectivity index (χ0v) is 17.3. The number of hydrogen-bond donors (Lipinski definition) is 1. The first-order valence-electron chi connectivity index (χ1n) is 9.10. The van der Waals surface area contributed by atoms with Crippen LogP contribution in [-0.4, -0.2) is 32.5 Å². The fourth-order valence-corrected chi connectivity index (χ4v) is 5.29. The van der Waals surface area contributed by atoms with Crippen LogP contribution in [0.1, 0.15) is 37.1 Å². The molecule has 7 heteroatoms. The molecule has 0 saturated heterocycles. The van der Waals surface area contributed by atoms with E-state index in [1.807, 2.05) is 29.9 Å². The summed E-state index contributed by atoms with van der Waals surface area (Å²) >= 11 is 3.27. The van der Waals surface area contributed by atoms with Crippen molar-refractivity contribution in [3.05, 3.63) is 29.2 Å². The van der Waals surface area contributed by atoms with Crippen molar-refractivity contribution in [3.63, 3.8) is 0 Å². The maximum Gasteiger partial charge on any atom is 0.233 e. The Hall–Kier alpha value is -1.60. The minimum absolute atomic E-state index is 0.0170. The molecule has 0 saturated carbocycles. The van der Waals surface area contributed by atoms with Gasteiger partial charge in [0, 0.05) is 18.5 Å². The number of hydrogen-bond acceptors (Lipinski definition) is 5. The fourth-order valence-electron chi connectivity index (χ4n) is 3.22. The lowest BCUT2D eigenvalue weighted by molar-refractivity contribution is -0.120. The first-order valence-corrected chi connectivity index (χ1v) is 10.8. The van der Waals surface area contributed by atoms with Gasteiger partial charge >= 0.3 is 0 Å². The van der Waals surface area contributed by atoms with Gasteiger partial charge in [0.05, 0.1) is 10.1 Å². The van der Waals surface area contributed by atoms with Gasteiger partial charge in [-0.3, -0.25) is 4.79 Å². The normalized spacial score (nSPS) is 17.6. The average Bonchev–Trinajstić information content (AvgIpc) is 3.22. The molecule has 2 atom stereocenters. The van der Waals surface area contributed by atoms with Crippen LogP contribution >= 0.6 is 23.1 Å². The van der Waals surface area contributed by atoms with Crippen molar-refractivity contribution >= 4 is 29.0 Å². The number of carbonyl (C=O) groups is 1. The molecule has 0 radical (unpaired) electrons. The minimum Gasteiger partial charge on any atom is -0.352 e. The highest BCUT2D eigenvalue weighted by atomic mass is 32.2. The highest BCUT2D eigenvalue weighted by Crippen LogP contribution is 2.38. The summed E-state index contributed by atoms with van der Waals surface area (Å²) in [6.45, 7) is 8.26. The fraction of sp³-hybridized carbons (Fsp3) is 0.526. The van der Waals surface area contributed by atoms with E-state index in [1.54, 1.807) is 6.08 Å². The van der Waals surface area contributed by atoms with Crippen LogP contribution in [0.4, 0.5) is 0 Å². The Kier molecular flexibility index (Phi) is 6.19. The third-order valence-electron chi connectivity index (χ3n) is 4.89. The molecule has 5 nitrogen and oxygen atoms in total. The van der Waals surface area contributed by atoms with Crippen LogP contribution in [0.2, 0.25) is 0 Å². The smallest absolute Gasteiger partial charge is 0.233 e. The minimum atomic E-state index is -0.229. The van der Waals surface area contributed by atoms with Crippen molar-refractivity contribution in [3.8, 4) is 10.7 Å². The highest BCUT2D eigenvalue weighted by Gasteiger charge is 2.23. The van der Waals surface area contributed by atoms with Crippen molar-refractivity contribution in [2.45, 2.75) is 49.9 Å². The quantitative estimate of drug-likeness (QED) is 0.576. The van der Waals surface area contributed by atoms with Crippen molar-refractivity contribution in [1.82, 2.24) is 20.1 Å². The Morgan fingerprint density at radius 3 is 3.12 bits per heavy atom.